The van der Waals surface area contributed by atoms with Crippen LogP contribution in [0, 0.1) is 0 Å². The molecule has 8 nitrogen and oxygen atoms in total. The number of carbonyl (C=O) groups is 2. The average Bonchev–Trinajstić information content (AvgIpc) is 2.71. The van der Waals surface area contributed by atoms with Crippen LogP contribution in [0.1, 0.15) is 41.5 Å². The minimum atomic E-state index is -1.78. The monoisotopic (exact) mass is 333 g/mol. The Hall–Kier alpha value is -1.38. The molecule has 134 valence electrons. The fraction of sp³-hybridized carbons (Fsp3) is 0.867. The van der Waals surface area contributed by atoms with Crippen LogP contribution in [0.15, 0.2) is 0 Å². The molecule has 1 rings (SSSR count). The second kappa shape index (κ2) is 7.02. The zero-order valence-corrected chi connectivity index (χ0v) is 14.5. The number of aliphatic hydroxyl groups is 2. The number of rotatable bonds is 4. The molecule has 1 saturated heterocycles. The molecule has 1 fully saturated rings. The van der Waals surface area contributed by atoms with Gasteiger partial charge in [-0.25, -0.2) is 9.59 Å². The summed E-state index contributed by atoms with van der Waals surface area (Å²) in [6.45, 7) is 10.1. The van der Waals surface area contributed by atoms with Crippen LogP contribution < -0.4 is 0 Å². The quantitative estimate of drug-likeness (QED) is 0.727. The van der Waals surface area contributed by atoms with E-state index in [1.54, 1.807) is 41.5 Å². The van der Waals surface area contributed by atoms with Gasteiger partial charge in [0.1, 0.15) is 17.4 Å². The predicted molar refractivity (Wildman–Crippen MR) is 80.5 cm³/mol. The molecule has 0 aromatic heterocycles. The maximum Gasteiger partial charge on any atom is 0.412 e. The molecule has 1 amide bonds. The zero-order valence-electron chi connectivity index (χ0n) is 14.5. The van der Waals surface area contributed by atoms with Crippen LogP contribution in [0.5, 0.6) is 0 Å². The van der Waals surface area contributed by atoms with Crippen molar-refractivity contribution in [3.63, 3.8) is 0 Å². The summed E-state index contributed by atoms with van der Waals surface area (Å²) in [4.78, 5) is 25.2. The Labute approximate surface area is 136 Å². The first-order valence-electron chi connectivity index (χ1n) is 7.59. The fourth-order valence-electron chi connectivity index (χ4n) is 2.33. The lowest BCUT2D eigenvalue weighted by atomic mass is 10.0. The summed E-state index contributed by atoms with van der Waals surface area (Å²) >= 11 is 0. The summed E-state index contributed by atoms with van der Waals surface area (Å²) in [6, 6.07) is -0.931. The topological polar surface area (TPSA) is 106 Å². The Bertz CT molecular complexity index is 444. The van der Waals surface area contributed by atoms with E-state index >= 15 is 0 Å². The van der Waals surface area contributed by atoms with E-state index in [-0.39, 0.29) is 13.2 Å². The van der Waals surface area contributed by atoms with E-state index in [0.717, 1.165) is 0 Å². The van der Waals surface area contributed by atoms with Gasteiger partial charge in [-0.2, -0.15) is 0 Å². The highest BCUT2D eigenvalue weighted by molar-refractivity contribution is 5.75. The minimum Gasteiger partial charge on any atom is -0.464 e. The predicted octanol–water partition coefficient (Wildman–Crippen LogP) is 0.643. The molecule has 0 aromatic carbocycles. The van der Waals surface area contributed by atoms with Gasteiger partial charge in [-0.1, -0.05) is 0 Å². The van der Waals surface area contributed by atoms with Crippen LogP contribution in [0.4, 0.5) is 4.79 Å². The lowest BCUT2D eigenvalue weighted by Crippen LogP contribution is -2.56. The summed E-state index contributed by atoms with van der Waals surface area (Å²) < 4.78 is 15.5. The van der Waals surface area contributed by atoms with Crippen LogP contribution in [0.3, 0.4) is 0 Å². The Morgan fingerprint density at radius 2 is 1.91 bits per heavy atom. The van der Waals surface area contributed by atoms with Crippen LogP contribution in [-0.4, -0.2) is 70.0 Å². The van der Waals surface area contributed by atoms with Gasteiger partial charge >= 0.3 is 12.1 Å². The van der Waals surface area contributed by atoms with E-state index in [2.05, 4.69) is 4.74 Å². The minimum absolute atomic E-state index is 0.0378. The van der Waals surface area contributed by atoms with Gasteiger partial charge in [0.2, 0.25) is 0 Å². The molecular weight excluding hydrogens is 306 g/mol. The maximum atomic E-state index is 12.4. The summed E-state index contributed by atoms with van der Waals surface area (Å²) in [6.07, 6.45) is -4.02. The van der Waals surface area contributed by atoms with E-state index < -0.39 is 41.6 Å². The molecule has 0 unspecified atom stereocenters. The van der Waals surface area contributed by atoms with Gasteiger partial charge in [0, 0.05) is 0 Å². The van der Waals surface area contributed by atoms with E-state index in [0.29, 0.717) is 0 Å². The van der Waals surface area contributed by atoms with Gasteiger partial charge in [-0.15, -0.1) is 0 Å². The summed E-state index contributed by atoms with van der Waals surface area (Å²) in [5, 5.41) is 20.2. The van der Waals surface area contributed by atoms with Gasteiger partial charge < -0.3 is 24.4 Å². The van der Waals surface area contributed by atoms with Gasteiger partial charge in [0.15, 0.2) is 6.10 Å². The molecule has 0 aliphatic carbocycles. The molecule has 0 spiro atoms. The van der Waals surface area contributed by atoms with Crippen LogP contribution >= 0.6 is 0 Å². The Morgan fingerprint density at radius 3 is 2.39 bits per heavy atom. The number of hydrogen-bond acceptors (Lipinski definition) is 7. The van der Waals surface area contributed by atoms with Crippen molar-refractivity contribution in [3.8, 4) is 0 Å². The van der Waals surface area contributed by atoms with E-state index in [9.17, 15) is 19.8 Å². The summed E-state index contributed by atoms with van der Waals surface area (Å²) in [5.74, 6) is -0.950. The zero-order chi connectivity index (χ0) is 18.0. The van der Waals surface area contributed by atoms with Gasteiger partial charge in [0.05, 0.1) is 19.3 Å². The maximum absolute atomic E-state index is 12.4. The van der Waals surface area contributed by atoms with Crippen molar-refractivity contribution >= 4 is 12.1 Å². The molecule has 2 N–H and O–H groups in total. The van der Waals surface area contributed by atoms with Crippen molar-refractivity contribution in [2.24, 2.45) is 0 Å². The molecule has 1 heterocycles. The van der Waals surface area contributed by atoms with Gasteiger partial charge in [-0.05, 0) is 41.5 Å². The molecular formula is C15H27NO7. The van der Waals surface area contributed by atoms with E-state index in [1.165, 1.54) is 4.90 Å². The standard InChI is InChI=1S/C15H27NO7/c1-7-21-12(19)11(18)10(17)9-8-22-15(5,6)16(9)13(20)23-14(2,3)4/h9-11,17-18H,7-8H2,1-6H3/t9-,10-,11+/m0/s1. The molecule has 23 heavy (non-hydrogen) atoms. The Kier molecular flexibility index (Phi) is 6.00. The number of aliphatic hydroxyl groups excluding tert-OH is 2. The first kappa shape index (κ1) is 19.7. The number of hydrogen-bond donors (Lipinski definition) is 2. The number of nitrogens with zero attached hydrogens (tertiary/aromatic N) is 1. The summed E-state index contributed by atoms with van der Waals surface area (Å²) in [7, 11) is 0. The highest BCUT2D eigenvalue weighted by atomic mass is 16.6. The lowest BCUT2D eigenvalue weighted by Gasteiger charge is -2.37. The third kappa shape index (κ3) is 4.79. The third-order valence-electron chi connectivity index (χ3n) is 3.36. The molecule has 1 aliphatic rings. The Morgan fingerprint density at radius 1 is 1.35 bits per heavy atom. The molecule has 0 aromatic rings. The first-order valence-corrected chi connectivity index (χ1v) is 7.59. The number of carbonyl (C=O) groups excluding carboxylic acids is 2. The molecule has 3 atom stereocenters. The van der Waals surface area contributed by atoms with Crippen LogP contribution in [0.25, 0.3) is 0 Å². The van der Waals surface area contributed by atoms with Crippen molar-refractivity contribution in [1.29, 1.82) is 0 Å². The molecule has 0 bridgehead atoms. The number of ether oxygens (including phenoxy) is 3. The van der Waals surface area contributed by atoms with Crippen molar-refractivity contribution in [2.75, 3.05) is 13.2 Å². The van der Waals surface area contributed by atoms with Gasteiger partial charge in [-0.3, -0.25) is 4.90 Å². The van der Waals surface area contributed by atoms with Crippen LogP contribution in [0.2, 0.25) is 0 Å². The number of amides is 1. The average molecular weight is 333 g/mol. The highest BCUT2D eigenvalue weighted by Gasteiger charge is 2.50. The van der Waals surface area contributed by atoms with Crippen LogP contribution in [-0.2, 0) is 19.0 Å². The van der Waals surface area contributed by atoms with Gasteiger partial charge in [0.25, 0.3) is 0 Å². The van der Waals surface area contributed by atoms with E-state index in [1.807, 2.05) is 0 Å². The third-order valence-corrected chi connectivity index (χ3v) is 3.36. The van der Waals surface area contributed by atoms with E-state index in [4.69, 9.17) is 9.47 Å². The number of esters is 1. The van der Waals surface area contributed by atoms with Crippen molar-refractivity contribution in [3.05, 3.63) is 0 Å². The van der Waals surface area contributed by atoms with Crippen molar-refractivity contribution in [1.82, 2.24) is 4.90 Å². The van der Waals surface area contributed by atoms with Crippen molar-refractivity contribution < 1.29 is 34.0 Å². The highest BCUT2D eigenvalue weighted by Crippen LogP contribution is 2.31. The SMILES string of the molecule is CCOC(=O)[C@H](O)[C@@H](O)[C@@H]1COC(C)(C)N1C(=O)OC(C)(C)C. The molecule has 0 saturated carbocycles. The molecule has 8 heteroatoms. The largest absolute Gasteiger partial charge is 0.464 e. The normalized spacial score (nSPS) is 23.3. The second-order valence-electron chi connectivity index (χ2n) is 6.86. The molecule has 1 aliphatic heterocycles. The smallest absolute Gasteiger partial charge is 0.412 e. The Balaban J connectivity index is 2.95. The fourth-order valence-corrected chi connectivity index (χ4v) is 2.33. The molecule has 0 radical (unpaired) electrons. The van der Waals surface area contributed by atoms with Crippen molar-refractivity contribution in [2.45, 2.75) is 71.1 Å². The lowest BCUT2D eigenvalue weighted by molar-refractivity contribution is -0.162. The summed E-state index contributed by atoms with van der Waals surface area (Å²) in [5.41, 5.74) is -1.77. The second-order valence-corrected chi connectivity index (χ2v) is 6.86. The first-order chi connectivity index (χ1) is 10.4.